The first kappa shape index (κ1) is 12.7. The van der Waals surface area contributed by atoms with Gasteiger partial charge in [-0.05, 0) is 6.92 Å². The average Bonchev–Trinajstić information content (AvgIpc) is 2.77. The van der Waals surface area contributed by atoms with Crippen LogP contribution in [0.15, 0.2) is 18.7 Å². The first-order valence-corrected chi connectivity index (χ1v) is 5.37. The van der Waals surface area contributed by atoms with Crippen LogP contribution in [0.1, 0.15) is 26.8 Å². The monoisotopic (exact) mass is 225 g/mol. The summed E-state index contributed by atoms with van der Waals surface area (Å²) in [6, 6.07) is -0.174. The van der Waals surface area contributed by atoms with Crippen molar-refractivity contribution in [2.24, 2.45) is 0 Å². The first-order valence-electron chi connectivity index (χ1n) is 5.37. The maximum atomic E-state index is 11.7. The second kappa shape index (κ2) is 5.65. The second-order valence-corrected chi connectivity index (χ2v) is 4.07. The zero-order valence-corrected chi connectivity index (χ0v) is 10.2. The number of imidazole rings is 1. The Bertz CT molecular complexity index is 322. The zero-order valence-electron chi connectivity index (χ0n) is 10.2. The summed E-state index contributed by atoms with van der Waals surface area (Å²) in [6.45, 7) is 5.95. The Labute approximate surface area is 95.8 Å². The molecule has 1 heterocycles. The van der Waals surface area contributed by atoms with E-state index in [2.05, 4.69) is 10.3 Å². The fraction of sp³-hybridized carbons (Fsp3) is 0.636. The smallest absolute Gasteiger partial charge is 0.325 e. The number of hydrogen-bond donors (Lipinski definition) is 1. The molecule has 5 nitrogen and oxygen atoms in total. The summed E-state index contributed by atoms with van der Waals surface area (Å²) < 4.78 is 6.68. The van der Waals surface area contributed by atoms with Crippen LogP contribution in [0.4, 0.5) is 0 Å². The molecule has 0 aliphatic heterocycles. The van der Waals surface area contributed by atoms with E-state index >= 15 is 0 Å². The molecule has 0 aliphatic carbocycles. The van der Waals surface area contributed by atoms with E-state index in [1.54, 1.807) is 12.5 Å². The molecule has 90 valence electrons. The minimum Gasteiger partial charge on any atom is -0.468 e. The van der Waals surface area contributed by atoms with E-state index in [1.165, 1.54) is 7.11 Å². The normalized spacial score (nSPS) is 14.8. The van der Waals surface area contributed by atoms with Crippen LogP contribution >= 0.6 is 0 Å². The molecule has 16 heavy (non-hydrogen) atoms. The number of carbonyl (C=O) groups is 1. The minimum atomic E-state index is -0.362. The first-order chi connectivity index (χ1) is 7.56. The molecule has 2 atom stereocenters. The maximum Gasteiger partial charge on any atom is 0.325 e. The van der Waals surface area contributed by atoms with Crippen molar-refractivity contribution in [3.05, 3.63) is 18.7 Å². The third kappa shape index (κ3) is 3.06. The predicted molar refractivity (Wildman–Crippen MR) is 61.0 cm³/mol. The molecule has 5 heteroatoms. The predicted octanol–water partition coefficient (Wildman–Crippen LogP) is 0.984. The van der Waals surface area contributed by atoms with E-state index in [4.69, 9.17) is 4.74 Å². The Morgan fingerprint density at radius 3 is 2.56 bits per heavy atom. The standard InChI is InChI=1S/C11H19N3O2/c1-8(2)13-10(11(15)16-4)9(3)14-6-5-12-7-14/h5-10,13H,1-4H3. The van der Waals surface area contributed by atoms with E-state index in [-0.39, 0.29) is 24.1 Å². The number of hydrogen-bond acceptors (Lipinski definition) is 4. The molecule has 0 aliphatic rings. The Morgan fingerprint density at radius 1 is 1.44 bits per heavy atom. The van der Waals surface area contributed by atoms with Crippen molar-refractivity contribution >= 4 is 5.97 Å². The highest BCUT2D eigenvalue weighted by Gasteiger charge is 2.27. The summed E-state index contributed by atoms with van der Waals surface area (Å²) in [7, 11) is 1.40. The SMILES string of the molecule is COC(=O)C(NC(C)C)C(C)n1ccnc1. The van der Waals surface area contributed by atoms with Crippen LogP contribution in [0.25, 0.3) is 0 Å². The van der Waals surface area contributed by atoms with Crippen molar-refractivity contribution in [3.63, 3.8) is 0 Å². The van der Waals surface area contributed by atoms with Gasteiger partial charge >= 0.3 is 5.97 Å². The lowest BCUT2D eigenvalue weighted by Crippen LogP contribution is -2.46. The van der Waals surface area contributed by atoms with Gasteiger partial charge in [0.15, 0.2) is 0 Å². The molecule has 2 unspecified atom stereocenters. The van der Waals surface area contributed by atoms with Gasteiger partial charge in [0.05, 0.1) is 19.5 Å². The Kier molecular flexibility index (Phi) is 4.49. The summed E-state index contributed by atoms with van der Waals surface area (Å²) in [5, 5.41) is 3.20. The summed E-state index contributed by atoms with van der Waals surface area (Å²) >= 11 is 0. The van der Waals surface area contributed by atoms with Crippen LogP contribution in [0.5, 0.6) is 0 Å². The maximum absolute atomic E-state index is 11.7. The van der Waals surface area contributed by atoms with Crippen molar-refractivity contribution in [2.45, 2.75) is 38.9 Å². The van der Waals surface area contributed by atoms with E-state index in [1.807, 2.05) is 31.5 Å². The lowest BCUT2D eigenvalue weighted by Gasteiger charge is -2.25. The van der Waals surface area contributed by atoms with Gasteiger partial charge in [-0.25, -0.2) is 4.98 Å². The fourth-order valence-corrected chi connectivity index (χ4v) is 1.57. The molecule has 0 saturated carbocycles. The highest BCUT2D eigenvalue weighted by molar-refractivity contribution is 5.76. The Hall–Kier alpha value is -1.36. The van der Waals surface area contributed by atoms with Crippen LogP contribution in [-0.2, 0) is 9.53 Å². The second-order valence-electron chi connectivity index (χ2n) is 4.07. The van der Waals surface area contributed by atoms with E-state index in [0.29, 0.717) is 0 Å². The van der Waals surface area contributed by atoms with E-state index in [9.17, 15) is 4.79 Å². The third-order valence-corrected chi connectivity index (χ3v) is 2.45. The third-order valence-electron chi connectivity index (χ3n) is 2.45. The molecule has 1 aromatic rings. The van der Waals surface area contributed by atoms with Crippen LogP contribution < -0.4 is 5.32 Å². The Morgan fingerprint density at radius 2 is 2.12 bits per heavy atom. The number of nitrogens with zero attached hydrogens (tertiary/aromatic N) is 2. The molecule has 0 amide bonds. The van der Waals surface area contributed by atoms with Gasteiger partial charge in [0.25, 0.3) is 0 Å². The van der Waals surface area contributed by atoms with Crippen LogP contribution in [0.3, 0.4) is 0 Å². The van der Waals surface area contributed by atoms with Gasteiger partial charge in [-0.1, -0.05) is 13.8 Å². The molecule has 1 rings (SSSR count). The molecule has 0 fully saturated rings. The molecule has 1 aromatic heterocycles. The number of esters is 1. The molecular weight excluding hydrogens is 206 g/mol. The minimum absolute atomic E-state index is 0.0302. The molecule has 0 aromatic carbocycles. The van der Waals surface area contributed by atoms with Gasteiger partial charge in [-0.3, -0.25) is 4.79 Å². The van der Waals surface area contributed by atoms with Gasteiger partial charge in [0.2, 0.25) is 0 Å². The van der Waals surface area contributed by atoms with Crippen molar-refractivity contribution < 1.29 is 9.53 Å². The van der Waals surface area contributed by atoms with Gasteiger partial charge in [-0.2, -0.15) is 0 Å². The lowest BCUT2D eigenvalue weighted by atomic mass is 10.1. The number of aromatic nitrogens is 2. The molecule has 0 saturated heterocycles. The van der Waals surface area contributed by atoms with Crippen LogP contribution in [0.2, 0.25) is 0 Å². The van der Waals surface area contributed by atoms with Crippen LogP contribution in [0, 0.1) is 0 Å². The van der Waals surface area contributed by atoms with Gasteiger partial charge in [0, 0.05) is 18.4 Å². The quantitative estimate of drug-likeness (QED) is 0.759. The average molecular weight is 225 g/mol. The molecule has 0 bridgehead atoms. The number of carbonyl (C=O) groups excluding carboxylic acids is 1. The highest BCUT2D eigenvalue weighted by atomic mass is 16.5. The van der Waals surface area contributed by atoms with Gasteiger partial charge in [-0.15, -0.1) is 0 Å². The van der Waals surface area contributed by atoms with E-state index in [0.717, 1.165) is 0 Å². The molecule has 1 N–H and O–H groups in total. The van der Waals surface area contributed by atoms with Gasteiger partial charge < -0.3 is 14.6 Å². The highest BCUT2D eigenvalue weighted by Crippen LogP contribution is 2.12. The number of nitrogens with one attached hydrogen (secondary N) is 1. The number of ether oxygens (including phenoxy) is 1. The van der Waals surface area contributed by atoms with Crippen molar-refractivity contribution in [2.75, 3.05) is 7.11 Å². The molecule has 0 radical (unpaired) electrons. The topological polar surface area (TPSA) is 56.1 Å². The van der Waals surface area contributed by atoms with Crippen LogP contribution in [-0.4, -0.2) is 34.7 Å². The largest absolute Gasteiger partial charge is 0.468 e. The van der Waals surface area contributed by atoms with Crippen molar-refractivity contribution in [1.82, 2.24) is 14.9 Å². The Balaban J connectivity index is 2.79. The van der Waals surface area contributed by atoms with E-state index < -0.39 is 0 Å². The number of rotatable bonds is 5. The molecule has 0 spiro atoms. The van der Waals surface area contributed by atoms with Crippen molar-refractivity contribution in [1.29, 1.82) is 0 Å². The summed E-state index contributed by atoms with van der Waals surface area (Å²) in [5.41, 5.74) is 0. The number of methoxy groups -OCH3 is 1. The fourth-order valence-electron chi connectivity index (χ4n) is 1.57. The van der Waals surface area contributed by atoms with Gasteiger partial charge in [0.1, 0.15) is 6.04 Å². The van der Waals surface area contributed by atoms with Crippen molar-refractivity contribution in [3.8, 4) is 0 Å². The summed E-state index contributed by atoms with van der Waals surface area (Å²) in [5.74, 6) is -0.255. The summed E-state index contributed by atoms with van der Waals surface area (Å²) in [6.07, 6.45) is 5.23. The lowest BCUT2D eigenvalue weighted by molar-refractivity contribution is -0.144. The zero-order chi connectivity index (χ0) is 12.1. The molecular formula is C11H19N3O2. The summed E-state index contributed by atoms with van der Waals surface area (Å²) in [4.78, 5) is 15.6.